The van der Waals surface area contributed by atoms with Gasteiger partial charge in [-0.15, -0.1) is 0 Å². The van der Waals surface area contributed by atoms with Gasteiger partial charge in [-0.3, -0.25) is 10.1 Å². The molecule has 4 rings (SSSR count). The number of hydrogen-bond acceptors (Lipinski definition) is 3. The van der Waals surface area contributed by atoms with Crippen LogP contribution in [0.15, 0.2) is 78.9 Å². The van der Waals surface area contributed by atoms with Crippen LogP contribution in [-0.2, 0) is 16.1 Å². The van der Waals surface area contributed by atoms with Crippen LogP contribution in [0.1, 0.15) is 22.7 Å². The second-order valence-electron chi connectivity index (χ2n) is 6.13. The summed E-state index contributed by atoms with van der Waals surface area (Å²) in [6, 6.07) is 26.4. The second kappa shape index (κ2) is 6.91. The van der Waals surface area contributed by atoms with Gasteiger partial charge in [-0.1, -0.05) is 78.9 Å². The Morgan fingerprint density at radius 1 is 0.800 bits per heavy atom. The molecule has 1 N–H and O–H groups in total. The van der Waals surface area contributed by atoms with Gasteiger partial charge in [0.15, 0.2) is 0 Å². The fourth-order valence-electron chi connectivity index (χ4n) is 3.35. The molecule has 0 spiro atoms. The molecule has 3 heteroatoms. The van der Waals surface area contributed by atoms with Gasteiger partial charge in [0, 0.05) is 0 Å². The Morgan fingerprint density at radius 3 is 2.00 bits per heavy atom. The second-order valence-corrected chi connectivity index (χ2v) is 6.13. The molecule has 0 aromatic heterocycles. The van der Waals surface area contributed by atoms with Gasteiger partial charge < -0.3 is 4.74 Å². The van der Waals surface area contributed by atoms with Crippen LogP contribution >= 0.6 is 0 Å². The lowest BCUT2D eigenvalue weighted by atomic mass is 10.1. The molecule has 3 nitrogen and oxygen atoms in total. The number of esters is 1. The van der Waals surface area contributed by atoms with Crippen molar-refractivity contribution < 1.29 is 9.53 Å². The predicted octanol–water partition coefficient (Wildman–Crippen LogP) is 4.09. The van der Waals surface area contributed by atoms with Crippen molar-refractivity contribution in [2.75, 3.05) is 6.54 Å². The number of ether oxygens (including phenoxy) is 1. The summed E-state index contributed by atoms with van der Waals surface area (Å²) in [5.41, 5.74) is 5.87. The van der Waals surface area contributed by atoms with Crippen molar-refractivity contribution in [3.05, 3.63) is 95.6 Å². The molecule has 0 heterocycles. The number of rotatable bonds is 5. The average Bonchev–Trinajstić information content (AvgIpc) is 2.99. The van der Waals surface area contributed by atoms with Crippen LogP contribution in [0.5, 0.6) is 0 Å². The van der Waals surface area contributed by atoms with Crippen molar-refractivity contribution in [1.82, 2.24) is 5.32 Å². The summed E-state index contributed by atoms with van der Waals surface area (Å²) in [4.78, 5) is 12.1. The molecule has 124 valence electrons. The van der Waals surface area contributed by atoms with Gasteiger partial charge in [0.05, 0.1) is 12.6 Å². The first kappa shape index (κ1) is 15.6. The van der Waals surface area contributed by atoms with E-state index in [1.165, 1.54) is 22.3 Å². The van der Waals surface area contributed by atoms with Crippen molar-refractivity contribution in [3.63, 3.8) is 0 Å². The molecule has 25 heavy (non-hydrogen) atoms. The van der Waals surface area contributed by atoms with Crippen molar-refractivity contribution >= 4 is 5.97 Å². The standard InChI is InChI=1S/C22H19NO2/c24-21(25-15-16-8-2-1-3-9-16)14-23-22-19-12-6-4-10-17(19)18-11-5-7-13-20(18)22/h1-13,22-23H,14-15H2. The van der Waals surface area contributed by atoms with Crippen LogP contribution in [0, 0.1) is 0 Å². The number of nitrogens with one attached hydrogen (secondary N) is 1. The summed E-state index contributed by atoms with van der Waals surface area (Å²) in [6.07, 6.45) is 0. The van der Waals surface area contributed by atoms with Crippen LogP contribution < -0.4 is 5.32 Å². The van der Waals surface area contributed by atoms with Crippen molar-refractivity contribution in [1.29, 1.82) is 0 Å². The third kappa shape index (κ3) is 3.19. The van der Waals surface area contributed by atoms with E-state index in [1.807, 2.05) is 54.6 Å². The zero-order valence-electron chi connectivity index (χ0n) is 13.8. The van der Waals surface area contributed by atoms with E-state index in [-0.39, 0.29) is 18.6 Å². The molecular weight excluding hydrogens is 310 g/mol. The molecular formula is C22H19NO2. The van der Waals surface area contributed by atoms with Crippen LogP contribution in [0.3, 0.4) is 0 Å². The van der Waals surface area contributed by atoms with Crippen molar-refractivity contribution in [2.45, 2.75) is 12.6 Å². The van der Waals surface area contributed by atoms with E-state index in [1.54, 1.807) is 0 Å². The molecule has 0 saturated carbocycles. The minimum atomic E-state index is -0.245. The van der Waals surface area contributed by atoms with Crippen LogP contribution in [0.2, 0.25) is 0 Å². The Morgan fingerprint density at radius 2 is 1.36 bits per heavy atom. The van der Waals surface area contributed by atoms with Gasteiger partial charge in [-0.2, -0.15) is 0 Å². The maximum absolute atomic E-state index is 12.1. The molecule has 3 aromatic rings. The van der Waals surface area contributed by atoms with E-state index in [2.05, 4.69) is 29.6 Å². The molecule has 0 radical (unpaired) electrons. The largest absolute Gasteiger partial charge is 0.460 e. The number of benzene rings is 3. The van der Waals surface area contributed by atoms with Gasteiger partial charge in [-0.25, -0.2) is 0 Å². The quantitative estimate of drug-likeness (QED) is 0.717. The van der Waals surface area contributed by atoms with Crippen LogP contribution in [-0.4, -0.2) is 12.5 Å². The summed E-state index contributed by atoms with van der Waals surface area (Å²) in [7, 11) is 0. The zero-order valence-corrected chi connectivity index (χ0v) is 13.8. The highest BCUT2D eigenvalue weighted by Crippen LogP contribution is 2.42. The van der Waals surface area contributed by atoms with E-state index >= 15 is 0 Å². The molecule has 0 unspecified atom stereocenters. The molecule has 0 bridgehead atoms. The van der Waals surface area contributed by atoms with Gasteiger partial charge in [0.25, 0.3) is 0 Å². The highest BCUT2D eigenvalue weighted by molar-refractivity contribution is 5.79. The van der Waals surface area contributed by atoms with Gasteiger partial charge in [-0.05, 0) is 27.8 Å². The van der Waals surface area contributed by atoms with Gasteiger partial charge in [0.2, 0.25) is 0 Å². The number of fused-ring (bicyclic) bond motifs is 3. The molecule has 0 fully saturated rings. The Bertz CT molecular complexity index is 844. The lowest BCUT2D eigenvalue weighted by Crippen LogP contribution is -2.28. The SMILES string of the molecule is O=C(CNC1c2ccccc2-c2ccccc21)OCc1ccccc1. The average molecular weight is 329 g/mol. The minimum Gasteiger partial charge on any atom is -0.460 e. The topological polar surface area (TPSA) is 38.3 Å². The highest BCUT2D eigenvalue weighted by atomic mass is 16.5. The predicted molar refractivity (Wildman–Crippen MR) is 98.0 cm³/mol. The van der Waals surface area contributed by atoms with Crippen molar-refractivity contribution in [3.8, 4) is 11.1 Å². The molecule has 0 aliphatic heterocycles. The Labute approximate surface area is 147 Å². The lowest BCUT2D eigenvalue weighted by Gasteiger charge is -2.15. The van der Waals surface area contributed by atoms with Crippen molar-refractivity contribution in [2.24, 2.45) is 0 Å². The van der Waals surface area contributed by atoms with Gasteiger partial charge in [0.1, 0.15) is 6.61 Å². The molecule has 1 aliphatic rings. The normalized spacial score (nSPS) is 12.5. The highest BCUT2D eigenvalue weighted by Gasteiger charge is 2.27. The first-order valence-electron chi connectivity index (χ1n) is 8.44. The third-order valence-electron chi connectivity index (χ3n) is 4.53. The summed E-state index contributed by atoms with van der Waals surface area (Å²) in [6.45, 7) is 0.485. The molecule has 0 saturated heterocycles. The maximum atomic E-state index is 12.1. The number of carbonyl (C=O) groups is 1. The third-order valence-corrected chi connectivity index (χ3v) is 4.53. The molecule has 3 aromatic carbocycles. The zero-order chi connectivity index (χ0) is 17.1. The number of carbonyl (C=O) groups excluding carboxylic acids is 1. The van der Waals surface area contributed by atoms with E-state index < -0.39 is 0 Å². The Balaban J connectivity index is 1.43. The first-order valence-corrected chi connectivity index (χ1v) is 8.44. The van der Waals surface area contributed by atoms with Crippen LogP contribution in [0.25, 0.3) is 11.1 Å². The molecule has 1 aliphatic carbocycles. The molecule has 0 amide bonds. The van der Waals surface area contributed by atoms with E-state index in [4.69, 9.17) is 4.74 Å². The van der Waals surface area contributed by atoms with Gasteiger partial charge >= 0.3 is 5.97 Å². The first-order chi connectivity index (χ1) is 12.3. The summed E-state index contributed by atoms with van der Waals surface area (Å²) in [5, 5.41) is 3.36. The maximum Gasteiger partial charge on any atom is 0.320 e. The van der Waals surface area contributed by atoms with E-state index in [0.717, 1.165) is 5.56 Å². The Kier molecular flexibility index (Phi) is 4.32. The fraction of sp³-hybridized carbons (Fsp3) is 0.136. The van der Waals surface area contributed by atoms with E-state index in [9.17, 15) is 4.79 Å². The fourth-order valence-corrected chi connectivity index (χ4v) is 3.35. The summed E-state index contributed by atoms with van der Waals surface area (Å²) in [5.74, 6) is -0.245. The monoisotopic (exact) mass is 329 g/mol. The Hall–Kier alpha value is -2.91. The summed E-state index contributed by atoms with van der Waals surface area (Å²) < 4.78 is 5.36. The smallest absolute Gasteiger partial charge is 0.320 e. The summed E-state index contributed by atoms with van der Waals surface area (Å²) >= 11 is 0. The minimum absolute atomic E-state index is 0.0247. The van der Waals surface area contributed by atoms with Crippen LogP contribution in [0.4, 0.5) is 0 Å². The van der Waals surface area contributed by atoms with E-state index in [0.29, 0.717) is 6.61 Å². The lowest BCUT2D eigenvalue weighted by molar-refractivity contribution is -0.143. The molecule has 0 atom stereocenters. The number of hydrogen-bond donors (Lipinski definition) is 1.